The second kappa shape index (κ2) is 6.54. The highest BCUT2D eigenvalue weighted by molar-refractivity contribution is 7.17. The molecule has 1 aliphatic rings. The van der Waals surface area contributed by atoms with Gasteiger partial charge in [0.2, 0.25) is 0 Å². The van der Waals surface area contributed by atoms with Crippen molar-refractivity contribution >= 4 is 22.4 Å². The van der Waals surface area contributed by atoms with Gasteiger partial charge in [-0.05, 0) is 25.2 Å². The van der Waals surface area contributed by atoms with E-state index in [2.05, 4.69) is 23.7 Å². The van der Waals surface area contributed by atoms with E-state index in [1.165, 1.54) is 24.2 Å². The predicted molar refractivity (Wildman–Crippen MR) is 79.6 cm³/mol. The number of aromatic nitrogens is 1. The van der Waals surface area contributed by atoms with Gasteiger partial charge in [0.25, 0.3) is 0 Å². The molecule has 1 aromatic heterocycles. The van der Waals surface area contributed by atoms with Crippen molar-refractivity contribution in [3.8, 4) is 0 Å². The molecule has 1 aliphatic carbocycles. The van der Waals surface area contributed by atoms with E-state index < -0.39 is 5.97 Å². The Bertz CT molecular complexity index is 469. The second-order valence-electron chi connectivity index (χ2n) is 5.62. The summed E-state index contributed by atoms with van der Waals surface area (Å²) >= 11 is 1.27. The number of rotatable bonds is 8. The minimum absolute atomic E-state index is 0.251. The Labute approximate surface area is 123 Å². The zero-order chi connectivity index (χ0) is 14.7. The van der Waals surface area contributed by atoms with E-state index >= 15 is 0 Å². The maximum Gasteiger partial charge on any atom is 0.347 e. The average molecular weight is 298 g/mol. The Kier molecular flexibility index (Phi) is 4.99. The molecule has 0 spiro atoms. The van der Waals surface area contributed by atoms with Crippen LogP contribution in [0.1, 0.15) is 48.5 Å². The zero-order valence-corrected chi connectivity index (χ0v) is 13.1. The van der Waals surface area contributed by atoms with Gasteiger partial charge in [-0.3, -0.25) is 0 Å². The van der Waals surface area contributed by atoms with Crippen LogP contribution in [-0.4, -0.2) is 35.8 Å². The number of carboxylic acids is 1. The topological polar surface area (TPSA) is 62.7 Å². The molecule has 1 heterocycles. The molecule has 6 heteroatoms. The molecule has 0 aromatic carbocycles. The van der Waals surface area contributed by atoms with Gasteiger partial charge in [-0.1, -0.05) is 25.2 Å². The van der Waals surface area contributed by atoms with Gasteiger partial charge < -0.3 is 14.7 Å². The third-order valence-corrected chi connectivity index (χ3v) is 4.46. The third kappa shape index (κ3) is 3.70. The van der Waals surface area contributed by atoms with Crippen molar-refractivity contribution in [1.82, 2.24) is 4.98 Å². The van der Waals surface area contributed by atoms with Gasteiger partial charge in [-0.2, -0.15) is 0 Å². The van der Waals surface area contributed by atoms with Crippen LogP contribution in [0.25, 0.3) is 0 Å². The number of ether oxygens (including phenoxy) is 1. The number of hydrogen-bond acceptors (Lipinski definition) is 5. The molecule has 0 radical (unpaired) electrons. The highest BCUT2D eigenvalue weighted by Crippen LogP contribution is 2.36. The minimum atomic E-state index is -0.916. The summed E-state index contributed by atoms with van der Waals surface area (Å²) in [5.41, 5.74) is 0.537. The van der Waals surface area contributed by atoms with Crippen molar-refractivity contribution < 1.29 is 14.6 Å². The number of aromatic carboxylic acids is 1. The van der Waals surface area contributed by atoms with E-state index in [0.717, 1.165) is 18.1 Å². The predicted octanol–water partition coefficient (Wildman–Crippen LogP) is 3.00. The first-order valence-electron chi connectivity index (χ1n) is 7.01. The first-order chi connectivity index (χ1) is 9.52. The molecule has 112 valence electrons. The van der Waals surface area contributed by atoms with Crippen LogP contribution >= 0.6 is 11.3 Å². The van der Waals surface area contributed by atoms with Crippen LogP contribution in [-0.2, 0) is 11.3 Å². The van der Waals surface area contributed by atoms with Gasteiger partial charge in [0.15, 0.2) is 5.13 Å². The van der Waals surface area contributed by atoms with Crippen molar-refractivity contribution in [3.05, 3.63) is 10.6 Å². The molecule has 1 saturated carbocycles. The first-order valence-corrected chi connectivity index (χ1v) is 7.83. The molecule has 5 nitrogen and oxygen atoms in total. The molecule has 0 amide bonds. The third-order valence-electron chi connectivity index (χ3n) is 3.34. The summed E-state index contributed by atoms with van der Waals surface area (Å²) in [5, 5.41) is 10.1. The van der Waals surface area contributed by atoms with E-state index in [-0.39, 0.29) is 6.61 Å². The lowest BCUT2D eigenvalue weighted by atomic mass is 10.1. The SMILES string of the molecule is COCc1nc(N(CCC(C)C)C2CC2)sc1C(=O)O. The van der Waals surface area contributed by atoms with E-state index in [0.29, 0.717) is 22.5 Å². The number of nitrogens with zero attached hydrogens (tertiary/aromatic N) is 2. The van der Waals surface area contributed by atoms with Crippen molar-refractivity contribution in [2.75, 3.05) is 18.6 Å². The van der Waals surface area contributed by atoms with Gasteiger partial charge in [0.1, 0.15) is 4.88 Å². The standard InChI is InChI=1S/C14H22N2O3S/c1-9(2)6-7-16(10-4-5-10)14-15-11(8-19-3)12(20-14)13(17)18/h9-10H,4-8H2,1-3H3,(H,17,18). The first kappa shape index (κ1) is 15.3. The number of methoxy groups -OCH3 is 1. The molecule has 1 N–H and O–H groups in total. The van der Waals surface area contributed by atoms with Crippen LogP contribution in [0.4, 0.5) is 5.13 Å². The minimum Gasteiger partial charge on any atom is -0.477 e. The fourth-order valence-electron chi connectivity index (χ4n) is 2.08. The van der Waals surface area contributed by atoms with Crippen LogP contribution in [0.15, 0.2) is 0 Å². The molecule has 1 fully saturated rings. The fourth-order valence-corrected chi connectivity index (χ4v) is 3.09. The highest BCUT2D eigenvalue weighted by Gasteiger charge is 2.32. The molecular formula is C14H22N2O3S. The second-order valence-corrected chi connectivity index (χ2v) is 6.60. The summed E-state index contributed by atoms with van der Waals surface area (Å²) in [6.07, 6.45) is 3.46. The van der Waals surface area contributed by atoms with E-state index in [1.807, 2.05) is 0 Å². The molecule has 0 bridgehead atoms. The number of anilines is 1. The Hall–Kier alpha value is -1.14. The molecule has 20 heavy (non-hydrogen) atoms. The van der Waals surface area contributed by atoms with Gasteiger partial charge in [-0.25, -0.2) is 9.78 Å². The zero-order valence-electron chi connectivity index (χ0n) is 12.3. The maximum atomic E-state index is 11.3. The van der Waals surface area contributed by atoms with Crippen molar-refractivity contribution in [3.63, 3.8) is 0 Å². The Balaban J connectivity index is 2.19. The molecule has 0 atom stereocenters. The Morgan fingerprint density at radius 2 is 2.25 bits per heavy atom. The van der Waals surface area contributed by atoms with Crippen molar-refractivity contribution in [2.24, 2.45) is 5.92 Å². The van der Waals surface area contributed by atoms with Crippen LogP contribution in [0.3, 0.4) is 0 Å². The number of carboxylic acid groups (broad SMARTS) is 1. The molecular weight excluding hydrogens is 276 g/mol. The normalized spacial score (nSPS) is 14.8. The van der Waals surface area contributed by atoms with Crippen LogP contribution in [0, 0.1) is 5.92 Å². The molecule has 1 aromatic rings. The molecule has 0 saturated heterocycles. The van der Waals surface area contributed by atoms with Gasteiger partial charge in [0, 0.05) is 19.7 Å². The van der Waals surface area contributed by atoms with E-state index in [4.69, 9.17) is 4.74 Å². The monoisotopic (exact) mass is 298 g/mol. The summed E-state index contributed by atoms with van der Waals surface area (Å²) < 4.78 is 5.05. The summed E-state index contributed by atoms with van der Waals surface area (Å²) in [6.45, 7) is 5.60. The molecule has 0 aliphatic heterocycles. The van der Waals surface area contributed by atoms with E-state index in [9.17, 15) is 9.90 Å². The smallest absolute Gasteiger partial charge is 0.347 e. The summed E-state index contributed by atoms with van der Waals surface area (Å²) in [7, 11) is 1.56. The van der Waals surface area contributed by atoms with E-state index in [1.54, 1.807) is 7.11 Å². The summed E-state index contributed by atoms with van der Waals surface area (Å²) in [6, 6.07) is 0.539. The van der Waals surface area contributed by atoms with Gasteiger partial charge in [-0.15, -0.1) is 0 Å². The lowest BCUT2D eigenvalue weighted by Crippen LogP contribution is -2.27. The quantitative estimate of drug-likeness (QED) is 0.799. The lowest BCUT2D eigenvalue weighted by Gasteiger charge is -2.22. The Morgan fingerprint density at radius 3 is 2.75 bits per heavy atom. The Morgan fingerprint density at radius 1 is 1.55 bits per heavy atom. The van der Waals surface area contributed by atoms with Crippen molar-refractivity contribution in [1.29, 1.82) is 0 Å². The van der Waals surface area contributed by atoms with Gasteiger partial charge >= 0.3 is 5.97 Å². The van der Waals surface area contributed by atoms with Crippen LogP contribution in [0.5, 0.6) is 0 Å². The average Bonchev–Trinajstić information content (AvgIpc) is 3.11. The number of carbonyl (C=O) groups is 1. The van der Waals surface area contributed by atoms with Crippen LogP contribution in [0.2, 0.25) is 0 Å². The maximum absolute atomic E-state index is 11.3. The molecule has 0 unspecified atom stereocenters. The largest absolute Gasteiger partial charge is 0.477 e. The summed E-state index contributed by atoms with van der Waals surface area (Å²) in [4.78, 5) is 18.4. The molecule has 2 rings (SSSR count). The summed E-state index contributed by atoms with van der Waals surface area (Å²) in [5.74, 6) is -0.283. The lowest BCUT2D eigenvalue weighted by molar-refractivity contribution is 0.0697. The van der Waals surface area contributed by atoms with Crippen LogP contribution < -0.4 is 4.90 Å². The number of hydrogen-bond donors (Lipinski definition) is 1. The number of thiazole rings is 1. The highest BCUT2D eigenvalue weighted by atomic mass is 32.1. The fraction of sp³-hybridized carbons (Fsp3) is 0.714. The van der Waals surface area contributed by atoms with Crippen molar-refractivity contribution in [2.45, 2.75) is 45.8 Å². The van der Waals surface area contributed by atoms with Gasteiger partial charge in [0.05, 0.1) is 12.3 Å².